The van der Waals surface area contributed by atoms with E-state index in [4.69, 9.17) is 9.68 Å². The van der Waals surface area contributed by atoms with Crippen LogP contribution in [0.25, 0.3) is 0 Å². The second-order valence-electron chi connectivity index (χ2n) is 5.70. The van der Waals surface area contributed by atoms with Crippen LogP contribution >= 0.6 is 0 Å². The smallest absolute Gasteiger partial charge is 0.357 e. The van der Waals surface area contributed by atoms with Gasteiger partial charge in [-0.05, 0) is 18.2 Å². The summed E-state index contributed by atoms with van der Waals surface area (Å²) in [6.07, 6.45) is 0. The first-order valence-corrected chi connectivity index (χ1v) is 8.18. The van der Waals surface area contributed by atoms with Crippen molar-refractivity contribution in [2.24, 2.45) is 0 Å². The number of nitrogens with one attached hydrogen (secondary N) is 2. The summed E-state index contributed by atoms with van der Waals surface area (Å²) in [6, 6.07) is 6.43. The number of carbonyl (C=O) groups excluding carboxylic acids is 2. The fourth-order valence-corrected chi connectivity index (χ4v) is 2.58. The largest absolute Gasteiger partial charge is 0.364 e. The lowest BCUT2D eigenvalue weighted by molar-refractivity contribution is -0.115. The first-order valence-electron chi connectivity index (χ1n) is 8.18. The van der Waals surface area contributed by atoms with Crippen molar-refractivity contribution in [2.75, 3.05) is 52.4 Å². The molecule has 0 atom stereocenters. The van der Waals surface area contributed by atoms with E-state index in [9.17, 15) is 9.59 Å². The topological polar surface area (TPSA) is 83.1 Å². The van der Waals surface area contributed by atoms with Gasteiger partial charge in [0.1, 0.15) is 0 Å². The van der Waals surface area contributed by atoms with E-state index in [1.165, 1.54) is 6.07 Å². The zero-order valence-corrected chi connectivity index (χ0v) is 13.5. The molecular formula is C16H22N4O4. The molecule has 2 aliphatic heterocycles. The summed E-state index contributed by atoms with van der Waals surface area (Å²) in [4.78, 5) is 35.1. The van der Waals surface area contributed by atoms with E-state index < -0.39 is 11.9 Å². The standard InChI is InChI=1S/C16H22N4O4/c21-15(23-19-8-4-17-5-9-19)13-2-1-3-14(12-13)16(22)24-20-10-6-18-7-11-20/h1-3,12,17-18H,4-11H2. The predicted octanol–water partition coefficient (Wildman–Crippen LogP) is -0.359. The Balaban J connectivity index is 1.60. The van der Waals surface area contributed by atoms with Gasteiger partial charge in [-0.1, -0.05) is 6.07 Å². The Morgan fingerprint density at radius 3 is 1.62 bits per heavy atom. The molecule has 2 heterocycles. The molecule has 130 valence electrons. The molecule has 8 nitrogen and oxygen atoms in total. The zero-order valence-electron chi connectivity index (χ0n) is 13.5. The fraction of sp³-hybridized carbons (Fsp3) is 0.500. The molecule has 2 saturated heterocycles. The van der Waals surface area contributed by atoms with Crippen LogP contribution in [0.4, 0.5) is 0 Å². The van der Waals surface area contributed by atoms with Gasteiger partial charge >= 0.3 is 11.9 Å². The minimum absolute atomic E-state index is 0.336. The lowest BCUT2D eigenvalue weighted by Gasteiger charge is -2.26. The minimum atomic E-state index is -0.464. The number of hydroxylamine groups is 4. The number of carbonyl (C=O) groups is 2. The van der Waals surface area contributed by atoms with Crippen molar-refractivity contribution < 1.29 is 19.3 Å². The Morgan fingerprint density at radius 2 is 1.21 bits per heavy atom. The molecule has 2 aliphatic rings. The van der Waals surface area contributed by atoms with E-state index in [1.807, 2.05) is 0 Å². The van der Waals surface area contributed by atoms with Gasteiger partial charge in [-0.2, -0.15) is 0 Å². The maximum Gasteiger partial charge on any atom is 0.357 e. The summed E-state index contributed by atoms with van der Waals surface area (Å²) in [5.74, 6) is -0.928. The third-order valence-electron chi connectivity index (χ3n) is 3.91. The van der Waals surface area contributed by atoms with Gasteiger partial charge in [-0.25, -0.2) is 9.59 Å². The Labute approximate surface area is 140 Å². The van der Waals surface area contributed by atoms with Crippen molar-refractivity contribution in [3.05, 3.63) is 35.4 Å². The molecule has 0 aliphatic carbocycles. The van der Waals surface area contributed by atoms with Crippen LogP contribution in [-0.4, -0.2) is 74.4 Å². The molecule has 0 spiro atoms. The Kier molecular flexibility index (Phi) is 5.76. The summed E-state index contributed by atoms with van der Waals surface area (Å²) >= 11 is 0. The number of hydrogen-bond acceptors (Lipinski definition) is 8. The fourth-order valence-electron chi connectivity index (χ4n) is 2.58. The van der Waals surface area contributed by atoms with Crippen LogP contribution in [0.15, 0.2) is 24.3 Å². The lowest BCUT2D eigenvalue weighted by Crippen LogP contribution is -2.44. The summed E-state index contributed by atoms with van der Waals surface area (Å²) in [7, 11) is 0. The van der Waals surface area contributed by atoms with Gasteiger partial charge < -0.3 is 20.3 Å². The van der Waals surface area contributed by atoms with Crippen molar-refractivity contribution in [3.8, 4) is 0 Å². The number of benzene rings is 1. The molecule has 0 aromatic heterocycles. The molecule has 0 saturated carbocycles. The highest BCUT2D eigenvalue weighted by Gasteiger charge is 2.20. The zero-order chi connectivity index (χ0) is 16.8. The number of nitrogens with zero attached hydrogens (tertiary/aromatic N) is 2. The molecule has 1 aromatic rings. The highest BCUT2D eigenvalue weighted by atomic mass is 16.7. The van der Waals surface area contributed by atoms with Gasteiger partial charge in [-0.3, -0.25) is 0 Å². The van der Waals surface area contributed by atoms with Crippen molar-refractivity contribution in [2.45, 2.75) is 0 Å². The normalized spacial score (nSPS) is 19.7. The number of rotatable bonds is 4. The van der Waals surface area contributed by atoms with Crippen LogP contribution in [0, 0.1) is 0 Å². The first kappa shape index (κ1) is 16.8. The van der Waals surface area contributed by atoms with Gasteiger partial charge in [-0.15, -0.1) is 10.1 Å². The SMILES string of the molecule is O=C(ON1CCNCC1)c1cccc(C(=O)ON2CCNCC2)c1. The van der Waals surface area contributed by atoms with Crippen molar-refractivity contribution >= 4 is 11.9 Å². The van der Waals surface area contributed by atoms with Gasteiger partial charge in [0, 0.05) is 52.4 Å². The lowest BCUT2D eigenvalue weighted by atomic mass is 10.1. The average Bonchev–Trinajstić information content (AvgIpc) is 2.63. The van der Waals surface area contributed by atoms with Gasteiger partial charge in [0.2, 0.25) is 0 Å². The molecule has 0 unspecified atom stereocenters. The quantitative estimate of drug-likeness (QED) is 0.773. The molecule has 3 rings (SSSR count). The number of hydrogen-bond donors (Lipinski definition) is 2. The van der Waals surface area contributed by atoms with Crippen molar-refractivity contribution in [3.63, 3.8) is 0 Å². The molecular weight excluding hydrogens is 312 g/mol. The van der Waals surface area contributed by atoms with E-state index >= 15 is 0 Å². The maximum absolute atomic E-state index is 12.2. The molecule has 0 bridgehead atoms. The summed E-state index contributed by atoms with van der Waals surface area (Å²) in [6.45, 7) is 5.73. The Morgan fingerprint density at radius 1 is 0.792 bits per heavy atom. The third kappa shape index (κ3) is 4.51. The van der Waals surface area contributed by atoms with Crippen LogP contribution in [0.5, 0.6) is 0 Å². The van der Waals surface area contributed by atoms with Crippen LogP contribution in [0.1, 0.15) is 20.7 Å². The summed E-state index contributed by atoms with van der Waals surface area (Å²) in [5, 5.41) is 9.63. The molecule has 0 radical (unpaired) electrons. The van der Waals surface area contributed by atoms with E-state index in [0.717, 1.165) is 26.2 Å². The van der Waals surface area contributed by atoms with Crippen LogP contribution < -0.4 is 10.6 Å². The van der Waals surface area contributed by atoms with Crippen LogP contribution in [0.2, 0.25) is 0 Å². The monoisotopic (exact) mass is 334 g/mol. The minimum Gasteiger partial charge on any atom is -0.364 e. The Bertz CT molecular complexity index is 536. The van der Waals surface area contributed by atoms with Gasteiger partial charge in [0.15, 0.2) is 0 Å². The van der Waals surface area contributed by atoms with Crippen molar-refractivity contribution in [1.82, 2.24) is 20.8 Å². The van der Waals surface area contributed by atoms with Crippen LogP contribution in [0.3, 0.4) is 0 Å². The highest BCUT2D eigenvalue weighted by Crippen LogP contribution is 2.11. The maximum atomic E-state index is 12.2. The van der Waals surface area contributed by atoms with Crippen molar-refractivity contribution in [1.29, 1.82) is 0 Å². The first-order chi connectivity index (χ1) is 11.7. The number of piperazine rings is 2. The third-order valence-corrected chi connectivity index (χ3v) is 3.91. The van der Waals surface area contributed by atoms with E-state index in [-0.39, 0.29) is 0 Å². The van der Waals surface area contributed by atoms with E-state index in [0.29, 0.717) is 37.3 Å². The molecule has 0 amide bonds. The Hall–Kier alpha value is -2.00. The highest BCUT2D eigenvalue weighted by molar-refractivity contribution is 5.95. The molecule has 2 fully saturated rings. The second kappa shape index (κ2) is 8.20. The predicted molar refractivity (Wildman–Crippen MR) is 86.2 cm³/mol. The second-order valence-corrected chi connectivity index (χ2v) is 5.70. The van der Waals surface area contributed by atoms with E-state index in [1.54, 1.807) is 28.3 Å². The average molecular weight is 334 g/mol. The van der Waals surface area contributed by atoms with E-state index in [2.05, 4.69) is 10.6 Å². The van der Waals surface area contributed by atoms with Crippen LogP contribution in [-0.2, 0) is 9.68 Å². The summed E-state index contributed by atoms with van der Waals surface area (Å²) in [5.41, 5.74) is 0.673. The summed E-state index contributed by atoms with van der Waals surface area (Å²) < 4.78 is 0. The molecule has 24 heavy (non-hydrogen) atoms. The molecule has 2 N–H and O–H groups in total. The molecule has 1 aromatic carbocycles. The molecule has 8 heteroatoms. The van der Waals surface area contributed by atoms with Gasteiger partial charge in [0.05, 0.1) is 11.1 Å². The van der Waals surface area contributed by atoms with Gasteiger partial charge in [0.25, 0.3) is 0 Å².